The van der Waals surface area contributed by atoms with Crippen LogP contribution in [0, 0.1) is 0 Å². The monoisotopic (exact) mass is 298 g/mol. The molecule has 1 fully saturated rings. The van der Waals surface area contributed by atoms with E-state index in [1.807, 2.05) is 18.2 Å². The summed E-state index contributed by atoms with van der Waals surface area (Å²) in [5, 5.41) is 8.71. The summed E-state index contributed by atoms with van der Waals surface area (Å²) >= 11 is 9.35. The molecule has 1 aliphatic rings. The number of hydrogen-bond donors (Lipinski definition) is 0. The molecule has 2 aromatic rings. The third-order valence-corrected chi connectivity index (χ3v) is 3.77. The molecule has 1 saturated carbocycles. The van der Waals surface area contributed by atoms with Crippen molar-refractivity contribution in [3.63, 3.8) is 0 Å². The summed E-state index contributed by atoms with van der Waals surface area (Å²) < 4.78 is 6.45. The van der Waals surface area contributed by atoms with Crippen LogP contribution < -0.4 is 0 Å². The molecule has 5 heteroatoms. The average Bonchev–Trinajstić information content (AvgIpc) is 3.01. The van der Waals surface area contributed by atoms with Gasteiger partial charge in [0.25, 0.3) is 0 Å². The summed E-state index contributed by atoms with van der Waals surface area (Å²) in [4.78, 5) is 0. The summed E-state index contributed by atoms with van der Waals surface area (Å²) in [6.07, 6.45) is 2.31. The fourth-order valence-corrected chi connectivity index (χ4v) is 1.90. The molecular weight excluding hydrogens is 291 g/mol. The van der Waals surface area contributed by atoms with Gasteiger partial charge in [0, 0.05) is 16.0 Å². The maximum Gasteiger partial charge on any atom is 0.247 e. The van der Waals surface area contributed by atoms with Crippen LogP contribution >= 0.6 is 27.5 Å². The van der Waals surface area contributed by atoms with E-state index in [0.717, 1.165) is 28.8 Å². The van der Waals surface area contributed by atoms with Crippen LogP contribution in [0.15, 0.2) is 27.1 Å². The Bertz CT molecular complexity index is 537. The van der Waals surface area contributed by atoms with E-state index in [4.69, 9.17) is 16.0 Å². The van der Waals surface area contributed by atoms with Gasteiger partial charge in [0.2, 0.25) is 11.8 Å². The Labute approximate surface area is 106 Å². The molecule has 3 rings (SSSR count). The zero-order valence-corrected chi connectivity index (χ0v) is 10.6. The van der Waals surface area contributed by atoms with Crippen molar-refractivity contribution in [3.05, 3.63) is 33.6 Å². The second kappa shape index (κ2) is 3.86. The molecule has 0 spiro atoms. The number of nitrogens with zero attached hydrogens (tertiary/aromatic N) is 2. The molecule has 1 aliphatic carbocycles. The Morgan fingerprint density at radius 2 is 2.12 bits per heavy atom. The topological polar surface area (TPSA) is 38.9 Å². The molecule has 0 unspecified atom stereocenters. The van der Waals surface area contributed by atoms with Gasteiger partial charge in [-0.3, -0.25) is 0 Å². The molecule has 0 N–H and O–H groups in total. The maximum atomic E-state index is 6.01. The molecule has 82 valence electrons. The van der Waals surface area contributed by atoms with Gasteiger partial charge in [-0.1, -0.05) is 11.6 Å². The fourth-order valence-electron chi connectivity index (χ4n) is 1.48. The number of aromatic nitrogens is 2. The molecule has 1 aromatic heterocycles. The fraction of sp³-hybridized carbons (Fsp3) is 0.273. The lowest BCUT2D eigenvalue weighted by atomic mass is 10.2. The number of hydrogen-bond acceptors (Lipinski definition) is 3. The van der Waals surface area contributed by atoms with Crippen molar-refractivity contribution in [2.45, 2.75) is 18.8 Å². The highest BCUT2D eigenvalue weighted by Crippen LogP contribution is 2.40. The van der Waals surface area contributed by atoms with Crippen LogP contribution in [0.1, 0.15) is 24.7 Å². The lowest BCUT2D eigenvalue weighted by Crippen LogP contribution is -1.78. The largest absolute Gasteiger partial charge is 0.420 e. The zero-order chi connectivity index (χ0) is 11.1. The summed E-state index contributed by atoms with van der Waals surface area (Å²) in [6, 6.07) is 5.59. The molecule has 1 heterocycles. The van der Waals surface area contributed by atoms with Crippen LogP contribution in [0.4, 0.5) is 0 Å². The minimum Gasteiger partial charge on any atom is -0.420 e. The molecule has 16 heavy (non-hydrogen) atoms. The van der Waals surface area contributed by atoms with Crippen LogP contribution in [-0.4, -0.2) is 10.2 Å². The van der Waals surface area contributed by atoms with Gasteiger partial charge in [-0.2, -0.15) is 0 Å². The van der Waals surface area contributed by atoms with Gasteiger partial charge in [-0.15, -0.1) is 10.2 Å². The average molecular weight is 300 g/mol. The molecule has 0 amide bonds. The predicted molar refractivity (Wildman–Crippen MR) is 64.4 cm³/mol. The normalized spacial score (nSPS) is 15.4. The van der Waals surface area contributed by atoms with Crippen molar-refractivity contribution in [2.75, 3.05) is 0 Å². The van der Waals surface area contributed by atoms with Crippen LogP contribution in [-0.2, 0) is 0 Å². The van der Waals surface area contributed by atoms with Gasteiger partial charge >= 0.3 is 0 Å². The summed E-state index contributed by atoms with van der Waals surface area (Å²) in [5.74, 6) is 1.76. The van der Waals surface area contributed by atoms with E-state index >= 15 is 0 Å². The van der Waals surface area contributed by atoms with Crippen molar-refractivity contribution in [3.8, 4) is 11.5 Å². The van der Waals surface area contributed by atoms with Gasteiger partial charge in [0.05, 0.1) is 5.02 Å². The van der Waals surface area contributed by atoms with Crippen molar-refractivity contribution in [1.82, 2.24) is 10.2 Å². The molecule has 3 nitrogen and oxygen atoms in total. The van der Waals surface area contributed by atoms with Crippen molar-refractivity contribution < 1.29 is 4.42 Å². The number of rotatable bonds is 2. The molecule has 0 atom stereocenters. The first-order valence-corrected chi connectivity index (χ1v) is 6.20. The van der Waals surface area contributed by atoms with E-state index in [9.17, 15) is 0 Å². The standard InChI is InChI=1S/C11H8BrClN2O/c12-8-4-3-7(5-9(8)13)11-15-14-10(16-11)6-1-2-6/h3-6H,1-2H2. The minimum absolute atomic E-state index is 0.479. The van der Waals surface area contributed by atoms with E-state index in [-0.39, 0.29) is 0 Å². The molecule has 0 aliphatic heterocycles. The second-order valence-corrected chi connectivity index (χ2v) is 5.11. The van der Waals surface area contributed by atoms with Crippen molar-refractivity contribution in [2.24, 2.45) is 0 Å². The Balaban J connectivity index is 1.97. The van der Waals surface area contributed by atoms with Gasteiger partial charge in [0.1, 0.15) is 0 Å². The Morgan fingerprint density at radius 1 is 1.31 bits per heavy atom. The van der Waals surface area contributed by atoms with E-state index in [0.29, 0.717) is 16.8 Å². The van der Waals surface area contributed by atoms with Crippen LogP contribution in [0.25, 0.3) is 11.5 Å². The molecular formula is C11H8BrClN2O. The Morgan fingerprint density at radius 3 is 2.81 bits per heavy atom. The smallest absolute Gasteiger partial charge is 0.247 e. The molecule has 0 radical (unpaired) electrons. The first-order valence-electron chi connectivity index (χ1n) is 5.03. The lowest BCUT2D eigenvalue weighted by Gasteiger charge is -1.97. The van der Waals surface area contributed by atoms with Crippen molar-refractivity contribution >= 4 is 27.5 Å². The summed E-state index contributed by atoms with van der Waals surface area (Å²) in [7, 11) is 0. The Hall–Kier alpha value is -0.870. The summed E-state index contributed by atoms with van der Waals surface area (Å²) in [5.41, 5.74) is 0.854. The highest BCUT2D eigenvalue weighted by molar-refractivity contribution is 9.10. The minimum atomic E-state index is 0.479. The van der Waals surface area contributed by atoms with E-state index < -0.39 is 0 Å². The lowest BCUT2D eigenvalue weighted by molar-refractivity contribution is 0.508. The molecule has 0 bridgehead atoms. The molecule has 1 aromatic carbocycles. The van der Waals surface area contributed by atoms with E-state index in [2.05, 4.69) is 26.1 Å². The first kappa shape index (κ1) is 10.3. The van der Waals surface area contributed by atoms with Crippen LogP contribution in [0.5, 0.6) is 0 Å². The first-order chi connectivity index (χ1) is 7.74. The third-order valence-electron chi connectivity index (χ3n) is 2.53. The predicted octanol–water partition coefficient (Wildman–Crippen LogP) is 4.03. The Kier molecular flexibility index (Phi) is 2.48. The third kappa shape index (κ3) is 1.87. The van der Waals surface area contributed by atoms with E-state index in [1.165, 1.54) is 0 Å². The number of halogens is 2. The van der Waals surface area contributed by atoms with Gasteiger partial charge in [-0.25, -0.2) is 0 Å². The van der Waals surface area contributed by atoms with Crippen LogP contribution in [0.3, 0.4) is 0 Å². The quantitative estimate of drug-likeness (QED) is 0.840. The van der Waals surface area contributed by atoms with Gasteiger partial charge in [0.15, 0.2) is 0 Å². The summed E-state index contributed by atoms with van der Waals surface area (Å²) in [6.45, 7) is 0. The van der Waals surface area contributed by atoms with E-state index in [1.54, 1.807) is 0 Å². The highest BCUT2D eigenvalue weighted by Gasteiger charge is 2.29. The maximum absolute atomic E-state index is 6.01. The van der Waals surface area contributed by atoms with Crippen molar-refractivity contribution in [1.29, 1.82) is 0 Å². The molecule has 0 saturated heterocycles. The highest BCUT2D eigenvalue weighted by atomic mass is 79.9. The van der Waals surface area contributed by atoms with Gasteiger partial charge in [-0.05, 0) is 47.0 Å². The second-order valence-electron chi connectivity index (χ2n) is 3.85. The van der Waals surface area contributed by atoms with Gasteiger partial charge < -0.3 is 4.42 Å². The van der Waals surface area contributed by atoms with Crippen LogP contribution in [0.2, 0.25) is 5.02 Å². The zero-order valence-electron chi connectivity index (χ0n) is 8.28. The SMILES string of the molecule is Clc1cc(-c2nnc(C3CC3)o2)ccc1Br. The number of benzene rings is 1.